The molecular weight excluding hydrogens is 232 g/mol. The van der Waals surface area contributed by atoms with Gasteiger partial charge in [0.1, 0.15) is 5.65 Å². The number of alkyl halides is 1. The Bertz CT molecular complexity index is 644. The lowest BCUT2D eigenvalue weighted by Gasteiger charge is -2.00. The Kier molecular flexibility index (Phi) is 2.57. The van der Waals surface area contributed by atoms with Crippen LogP contribution in [0.25, 0.3) is 16.9 Å². The average Bonchev–Trinajstić information content (AvgIpc) is 2.78. The molecule has 3 aromatic rings. The van der Waals surface area contributed by atoms with E-state index in [-0.39, 0.29) is 0 Å². The van der Waals surface area contributed by atoms with Gasteiger partial charge >= 0.3 is 0 Å². The van der Waals surface area contributed by atoms with Crippen molar-refractivity contribution in [1.29, 1.82) is 0 Å². The molecule has 0 atom stereocenters. The molecule has 3 rings (SSSR count). The van der Waals surface area contributed by atoms with Crippen LogP contribution in [0.4, 0.5) is 0 Å². The fourth-order valence-corrected chi connectivity index (χ4v) is 2.26. The van der Waals surface area contributed by atoms with Crippen molar-refractivity contribution in [3.8, 4) is 11.3 Å². The van der Waals surface area contributed by atoms with E-state index < -0.39 is 0 Å². The summed E-state index contributed by atoms with van der Waals surface area (Å²) in [5, 5.41) is 0. The molecular formula is C14H11ClN2. The van der Waals surface area contributed by atoms with Gasteiger partial charge in [-0.15, -0.1) is 11.6 Å². The predicted octanol–water partition coefficient (Wildman–Crippen LogP) is 3.74. The molecule has 17 heavy (non-hydrogen) atoms. The molecule has 0 unspecified atom stereocenters. The predicted molar refractivity (Wildman–Crippen MR) is 70.2 cm³/mol. The second-order valence-corrected chi connectivity index (χ2v) is 4.10. The quantitative estimate of drug-likeness (QED) is 0.626. The van der Waals surface area contributed by atoms with E-state index in [1.807, 2.05) is 47.0 Å². The zero-order chi connectivity index (χ0) is 11.7. The number of hydrogen-bond donors (Lipinski definition) is 0. The Morgan fingerprint density at radius 3 is 2.53 bits per heavy atom. The maximum atomic E-state index is 6.04. The third-order valence-electron chi connectivity index (χ3n) is 2.80. The number of hydrogen-bond acceptors (Lipinski definition) is 1. The Morgan fingerprint density at radius 1 is 1.00 bits per heavy atom. The molecule has 0 saturated heterocycles. The van der Waals surface area contributed by atoms with Crippen LogP contribution < -0.4 is 0 Å². The number of rotatable bonds is 2. The van der Waals surface area contributed by atoms with Crippen LogP contribution in [0.2, 0.25) is 0 Å². The minimum Gasteiger partial charge on any atom is -0.302 e. The lowest BCUT2D eigenvalue weighted by molar-refractivity contribution is 1.09. The van der Waals surface area contributed by atoms with Gasteiger partial charge in [-0.05, 0) is 12.1 Å². The molecule has 0 aliphatic heterocycles. The minimum atomic E-state index is 0.454. The Morgan fingerprint density at radius 2 is 1.76 bits per heavy atom. The van der Waals surface area contributed by atoms with Crippen LogP contribution in [0.5, 0.6) is 0 Å². The van der Waals surface area contributed by atoms with Gasteiger partial charge in [0.15, 0.2) is 0 Å². The van der Waals surface area contributed by atoms with Crippen molar-refractivity contribution >= 4 is 17.2 Å². The first-order valence-electron chi connectivity index (χ1n) is 5.47. The summed E-state index contributed by atoms with van der Waals surface area (Å²) in [6, 6.07) is 16.1. The molecule has 0 radical (unpaired) electrons. The van der Waals surface area contributed by atoms with E-state index in [9.17, 15) is 0 Å². The molecule has 1 aromatic carbocycles. The second kappa shape index (κ2) is 4.22. The molecule has 3 heteroatoms. The normalized spacial score (nSPS) is 10.9. The maximum absolute atomic E-state index is 6.04. The van der Waals surface area contributed by atoms with Crippen molar-refractivity contribution < 1.29 is 0 Å². The number of benzene rings is 1. The van der Waals surface area contributed by atoms with E-state index in [2.05, 4.69) is 17.1 Å². The van der Waals surface area contributed by atoms with Crippen molar-refractivity contribution in [2.45, 2.75) is 5.88 Å². The Hall–Kier alpha value is -1.80. The molecule has 0 spiro atoms. The van der Waals surface area contributed by atoms with Gasteiger partial charge in [-0.25, -0.2) is 4.98 Å². The highest BCUT2D eigenvalue weighted by molar-refractivity contribution is 6.17. The molecule has 0 saturated carbocycles. The molecule has 2 nitrogen and oxygen atoms in total. The van der Waals surface area contributed by atoms with Crippen molar-refractivity contribution in [3.05, 3.63) is 60.4 Å². The van der Waals surface area contributed by atoms with Crippen molar-refractivity contribution in [1.82, 2.24) is 9.38 Å². The van der Waals surface area contributed by atoms with Crippen molar-refractivity contribution in [2.24, 2.45) is 0 Å². The summed E-state index contributed by atoms with van der Waals surface area (Å²) in [7, 11) is 0. The molecule has 2 aromatic heterocycles. The van der Waals surface area contributed by atoms with E-state index in [4.69, 9.17) is 11.6 Å². The molecule has 0 bridgehead atoms. The van der Waals surface area contributed by atoms with Crippen LogP contribution in [0.3, 0.4) is 0 Å². The number of aromatic nitrogens is 2. The highest BCUT2D eigenvalue weighted by Crippen LogP contribution is 2.25. The summed E-state index contributed by atoms with van der Waals surface area (Å²) in [5.41, 5.74) is 4.04. The van der Waals surface area contributed by atoms with Crippen LogP contribution in [-0.2, 0) is 5.88 Å². The zero-order valence-electron chi connectivity index (χ0n) is 9.18. The number of nitrogens with zero attached hydrogens (tertiary/aromatic N) is 2. The summed E-state index contributed by atoms with van der Waals surface area (Å²) >= 11 is 6.04. The van der Waals surface area contributed by atoms with Gasteiger partial charge in [0.25, 0.3) is 0 Å². The standard InChI is InChI=1S/C14H11ClN2/c15-10-12-14(11-6-2-1-3-7-11)16-13-8-4-5-9-17(12)13/h1-9H,10H2. The maximum Gasteiger partial charge on any atom is 0.137 e. The van der Waals surface area contributed by atoms with E-state index >= 15 is 0 Å². The van der Waals surface area contributed by atoms with Crippen LogP contribution >= 0.6 is 11.6 Å². The number of halogens is 1. The first-order chi connectivity index (χ1) is 8.40. The van der Waals surface area contributed by atoms with Crippen molar-refractivity contribution in [2.75, 3.05) is 0 Å². The molecule has 0 aliphatic carbocycles. The zero-order valence-corrected chi connectivity index (χ0v) is 9.93. The largest absolute Gasteiger partial charge is 0.302 e. The molecule has 0 N–H and O–H groups in total. The summed E-state index contributed by atoms with van der Waals surface area (Å²) < 4.78 is 2.04. The molecule has 84 valence electrons. The number of pyridine rings is 1. The fourth-order valence-electron chi connectivity index (χ4n) is 2.00. The molecule has 0 fully saturated rings. The Labute approximate surface area is 104 Å². The summed E-state index contributed by atoms with van der Waals surface area (Å²) in [4.78, 5) is 4.63. The van der Waals surface area contributed by atoms with Gasteiger partial charge in [0.2, 0.25) is 0 Å². The average molecular weight is 243 g/mol. The van der Waals surface area contributed by atoms with Crippen LogP contribution in [0, 0.1) is 0 Å². The SMILES string of the molecule is ClCc1c(-c2ccccc2)nc2ccccn12. The molecule has 2 heterocycles. The van der Waals surface area contributed by atoms with Crippen molar-refractivity contribution in [3.63, 3.8) is 0 Å². The Balaban J connectivity index is 2.30. The van der Waals surface area contributed by atoms with Gasteiger partial charge in [-0.3, -0.25) is 0 Å². The lowest BCUT2D eigenvalue weighted by Crippen LogP contribution is -1.90. The molecule has 0 amide bonds. The smallest absolute Gasteiger partial charge is 0.137 e. The van der Waals surface area contributed by atoms with E-state index in [1.54, 1.807) is 0 Å². The molecule has 0 aliphatic rings. The highest BCUT2D eigenvalue weighted by atomic mass is 35.5. The second-order valence-electron chi connectivity index (χ2n) is 3.84. The van der Waals surface area contributed by atoms with E-state index in [0.29, 0.717) is 5.88 Å². The van der Waals surface area contributed by atoms with Gasteiger partial charge < -0.3 is 4.40 Å². The summed E-state index contributed by atoms with van der Waals surface area (Å²) in [5.74, 6) is 0.454. The monoisotopic (exact) mass is 242 g/mol. The van der Waals surface area contributed by atoms with Gasteiger partial charge in [0.05, 0.1) is 17.3 Å². The van der Waals surface area contributed by atoms with Gasteiger partial charge in [-0.1, -0.05) is 36.4 Å². The van der Waals surface area contributed by atoms with E-state index in [1.165, 1.54) is 0 Å². The first-order valence-corrected chi connectivity index (χ1v) is 6.01. The topological polar surface area (TPSA) is 17.3 Å². The van der Waals surface area contributed by atoms with Crippen LogP contribution in [0.1, 0.15) is 5.69 Å². The summed E-state index contributed by atoms with van der Waals surface area (Å²) in [6.07, 6.45) is 1.99. The minimum absolute atomic E-state index is 0.454. The fraction of sp³-hybridized carbons (Fsp3) is 0.0714. The lowest BCUT2D eigenvalue weighted by atomic mass is 10.1. The van der Waals surface area contributed by atoms with Gasteiger partial charge in [-0.2, -0.15) is 0 Å². The highest BCUT2D eigenvalue weighted by Gasteiger charge is 2.11. The van der Waals surface area contributed by atoms with E-state index in [0.717, 1.165) is 22.6 Å². The third-order valence-corrected chi connectivity index (χ3v) is 3.06. The van der Waals surface area contributed by atoms with Crippen LogP contribution in [-0.4, -0.2) is 9.38 Å². The first kappa shape index (κ1) is 10.4. The van der Waals surface area contributed by atoms with Gasteiger partial charge in [0, 0.05) is 11.8 Å². The third kappa shape index (κ3) is 1.71. The summed E-state index contributed by atoms with van der Waals surface area (Å²) in [6.45, 7) is 0. The van der Waals surface area contributed by atoms with Crippen LogP contribution in [0.15, 0.2) is 54.7 Å². The number of fused-ring (bicyclic) bond motifs is 1. The number of imidazole rings is 1.